The van der Waals surface area contributed by atoms with Crippen LogP contribution in [-0.4, -0.2) is 23.0 Å². The first-order chi connectivity index (χ1) is 9.49. The number of nitrogens with one attached hydrogen (secondary N) is 1. The van der Waals surface area contributed by atoms with E-state index < -0.39 is 5.91 Å². The van der Waals surface area contributed by atoms with Crippen LogP contribution in [0.5, 0.6) is 5.75 Å². The van der Waals surface area contributed by atoms with E-state index in [9.17, 15) is 4.79 Å². The average Bonchev–Trinajstić information content (AvgIpc) is 2.36. The fraction of sp³-hybridized carbons (Fsp3) is 0.154. The Hall–Kier alpha value is -2.34. The second-order valence-corrected chi connectivity index (χ2v) is 4.45. The molecule has 0 radical (unpaired) electrons. The Morgan fingerprint density at radius 1 is 1.35 bits per heavy atom. The Morgan fingerprint density at radius 2 is 2.10 bits per heavy atom. The molecule has 0 aliphatic heterocycles. The van der Waals surface area contributed by atoms with E-state index in [4.69, 9.17) is 22.1 Å². The molecule has 1 aromatic carbocycles. The molecule has 0 aliphatic carbocycles. The molecule has 7 heteroatoms. The molecule has 1 heterocycles. The molecule has 0 saturated heterocycles. The van der Waals surface area contributed by atoms with Crippen molar-refractivity contribution < 1.29 is 9.53 Å². The van der Waals surface area contributed by atoms with Crippen molar-refractivity contribution in [3.63, 3.8) is 0 Å². The monoisotopic (exact) mass is 292 g/mol. The Bertz CT molecular complexity index is 641. The number of hydrogen-bond acceptors (Lipinski definition) is 5. The van der Waals surface area contributed by atoms with Gasteiger partial charge in [-0.3, -0.25) is 10.1 Å². The molecule has 0 spiro atoms. The molecule has 20 heavy (non-hydrogen) atoms. The molecule has 2 aromatic rings. The Morgan fingerprint density at radius 3 is 2.70 bits per heavy atom. The number of ether oxygens (including phenoxy) is 1. The number of anilines is 2. The molecule has 3 N–H and O–H groups in total. The summed E-state index contributed by atoms with van der Waals surface area (Å²) in [5.74, 6) is 0.302. The highest BCUT2D eigenvalue weighted by atomic mass is 35.5. The van der Waals surface area contributed by atoms with E-state index in [1.54, 1.807) is 31.2 Å². The van der Waals surface area contributed by atoms with Crippen molar-refractivity contribution in [3.8, 4) is 5.75 Å². The first-order valence-electron chi connectivity index (χ1n) is 5.75. The Balaban J connectivity index is 2.23. The van der Waals surface area contributed by atoms with E-state index in [-0.39, 0.29) is 11.1 Å². The van der Waals surface area contributed by atoms with Crippen LogP contribution >= 0.6 is 11.6 Å². The molecule has 0 fully saturated rings. The average molecular weight is 293 g/mol. The standard InChI is InChI=1S/C13H13ClN4O2/c1-7-5-11(14)17-13(16-7)18-12(19)9-4-3-8(20-2)6-10(9)15/h3-6H,15H2,1-2H3,(H,16,17,18,19). The van der Waals surface area contributed by atoms with Gasteiger partial charge in [0.2, 0.25) is 5.95 Å². The second kappa shape index (κ2) is 5.75. The summed E-state index contributed by atoms with van der Waals surface area (Å²) in [6.45, 7) is 1.75. The third-order valence-electron chi connectivity index (χ3n) is 2.55. The molecular formula is C13H13ClN4O2. The lowest BCUT2D eigenvalue weighted by atomic mass is 10.1. The number of carbonyl (C=O) groups is 1. The van der Waals surface area contributed by atoms with Crippen LogP contribution in [-0.2, 0) is 0 Å². The van der Waals surface area contributed by atoms with Crippen molar-refractivity contribution in [1.29, 1.82) is 0 Å². The highest BCUT2D eigenvalue weighted by Gasteiger charge is 2.12. The lowest BCUT2D eigenvalue weighted by molar-refractivity contribution is 0.102. The molecule has 6 nitrogen and oxygen atoms in total. The zero-order valence-corrected chi connectivity index (χ0v) is 11.7. The fourth-order valence-electron chi connectivity index (χ4n) is 1.63. The van der Waals surface area contributed by atoms with E-state index in [0.717, 1.165) is 0 Å². The predicted octanol–water partition coefficient (Wildman–Crippen LogP) is 2.28. The van der Waals surface area contributed by atoms with Crippen molar-refractivity contribution in [2.75, 3.05) is 18.2 Å². The summed E-state index contributed by atoms with van der Waals surface area (Å²) < 4.78 is 5.03. The third kappa shape index (κ3) is 3.16. The zero-order valence-electron chi connectivity index (χ0n) is 11.0. The number of amides is 1. The van der Waals surface area contributed by atoms with Crippen LogP contribution in [0.3, 0.4) is 0 Å². The number of halogens is 1. The van der Waals surface area contributed by atoms with Gasteiger partial charge in [0.25, 0.3) is 5.91 Å². The Labute approximate surface area is 120 Å². The zero-order chi connectivity index (χ0) is 14.7. The number of aryl methyl sites for hydroxylation is 1. The van der Waals surface area contributed by atoms with Crippen LogP contribution in [0.2, 0.25) is 5.15 Å². The summed E-state index contributed by atoms with van der Waals surface area (Å²) in [6, 6.07) is 6.38. The molecule has 0 atom stereocenters. The topological polar surface area (TPSA) is 90.1 Å². The molecule has 0 aliphatic rings. The van der Waals surface area contributed by atoms with E-state index >= 15 is 0 Å². The van der Waals surface area contributed by atoms with Crippen molar-refractivity contribution >= 4 is 29.1 Å². The van der Waals surface area contributed by atoms with Crippen LogP contribution in [0.4, 0.5) is 11.6 Å². The summed E-state index contributed by atoms with van der Waals surface area (Å²) in [5.41, 5.74) is 7.08. The van der Waals surface area contributed by atoms with Crippen LogP contribution < -0.4 is 15.8 Å². The van der Waals surface area contributed by atoms with Crippen LogP contribution in [0.25, 0.3) is 0 Å². The minimum absolute atomic E-state index is 0.134. The first-order valence-corrected chi connectivity index (χ1v) is 6.13. The smallest absolute Gasteiger partial charge is 0.260 e. The van der Waals surface area contributed by atoms with Gasteiger partial charge < -0.3 is 10.5 Å². The van der Waals surface area contributed by atoms with Crippen molar-refractivity contribution in [3.05, 3.63) is 40.7 Å². The fourth-order valence-corrected chi connectivity index (χ4v) is 1.87. The van der Waals surface area contributed by atoms with Crippen molar-refractivity contribution in [1.82, 2.24) is 9.97 Å². The lowest BCUT2D eigenvalue weighted by Crippen LogP contribution is -2.16. The number of aromatic nitrogens is 2. The van der Waals surface area contributed by atoms with Gasteiger partial charge in [0.15, 0.2) is 0 Å². The SMILES string of the molecule is COc1ccc(C(=O)Nc2nc(C)cc(Cl)n2)c(N)c1. The molecule has 0 bridgehead atoms. The van der Waals surface area contributed by atoms with Gasteiger partial charge in [0, 0.05) is 17.4 Å². The van der Waals surface area contributed by atoms with Gasteiger partial charge in [-0.2, -0.15) is 0 Å². The molecule has 1 amide bonds. The maximum atomic E-state index is 12.1. The lowest BCUT2D eigenvalue weighted by Gasteiger charge is -2.08. The number of methoxy groups -OCH3 is 1. The van der Waals surface area contributed by atoms with Gasteiger partial charge in [-0.15, -0.1) is 0 Å². The van der Waals surface area contributed by atoms with Gasteiger partial charge >= 0.3 is 0 Å². The normalized spacial score (nSPS) is 10.2. The minimum atomic E-state index is -0.410. The summed E-state index contributed by atoms with van der Waals surface area (Å²) in [6.07, 6.45) is 0. The van der Waals surface area contributed by atoms with Gasteiger partial charge in [-0.05, 0) is 25.1 Å². The number of nitrogens with two attached hydrogens (primary N) is 1. The maximum Gasteiger partial charge on any atom is 0.260 e. The quantitative estimate of drug-likeness (QED) is 0.669. The predicted molar refractivity (Wildman–Crippen MR) is 77.1 cm³/mol. The van der Waals surface area contributed by atoms with Gasteiger partial charge in [-0.1, -0.05) is 11.6 Å². The number of carbonyl (C=O) groups excluding carboxylic acids is 1. The maximum absolute atomic E-state index is 12.1. The summed E-state index contributed by atoms with van der Waals surface area (Å²) in [4.78, 5) is 20.1. The number of benzene rings is 1. The number of hydrogen-bond donors (Lipinski definition) is 2. The Kier molecular flexibility index (Phi) is 4.05. The molecule has 2 rings (SSSR count). The van der Waals surface area contributed by atoms with Gasteiger partial charge in [0.05, 0.1) is 12.7 Å². The highest BCUT2D eigenvalue weighted by molar-refractivity contribution is 6.29. The summed E-state index contributed by atoms with van der Waals surface area (Å²) >= 11 is 5.81. The van der Waals surface area contributed by atoms with Crippen molar-refractivity contribution in [2.45, 2.75) is 6.92 Å². The molecule has 0 unspecified atom stereocenters. The molecule has 104 valence electrons. The van der Waals surface area contributed by atoms with Crippen LogP contribution in [0, 0.1) is 6.92 Å². The molecule has 0 saturated carbocycles. The minimum Gasteiger partial charge on any atom is -0.497 e. The van der Waals surface area contributed by atoms with Crippen LogP contribution in [0.1, 0.15) is 16.1 Å². The largest absolute Gasteiger partial charge is 0.497 e. The van der Waals surface area contributed by atoms with Gasteiger partial charge in [0.1, 0.15) is 10.9 Å². The van der Waals surface area contributed by atoms with Crippen LogP contribution in [0.15, 0.2) is 24.3 Å². The number of nitrogen functional groups attached to an aromatic ring is 1. The van der Waals surface area contributed by atoms with E-state index in [1.165, 1.54) is 7.11 Å². The summed E-state index contributed by atoms with van der Waals surface area (Å²) in [5, 5.41) is 2.81. The highest BCUT2D eigenvalue weighted by Crippen LogP contribution is 2.20. The second-order valence-electron chi connectivity index (χ2n) is 4.06. The summed E-state index contributed by atoms with van der Waals surface area (Å²) in [7, 11) is 1.52. The van der Waals surface area contributed by atoms with E-state index in [1.807, 2.05) is 0 Å². The number of nitrogens with zero attached hydrogens (tertiary/aromatic N) is 2. The van der Waals surface area contributed by atoms with Gasteiger partial charge in [-0.25, -0.2) is 9.97 Å². The molecular weight excluding hydrogens is 280 g/mol. The third-order valence-corrected chi connectivity index (χ3v) is 2.75. The molecule has 1 aromatic heterocycles. The van der Waals surface area contributed by atoms with E-state index in [0.29, 0.717) is 22.7 Å². The van der Waals surface area contributed by atoms with E-state index in [2.05, 4.69) is 15.3 Å². The number of rotatable bonds is 3. The first kappa shape index (κ1) is 14.1. The van der Waals surface area contributed by atoms with Crippen molar-refractivity contribution in [2.24, 2.45) is 0 Å².